The standard InChI is InChI=1S/C23H23N3O5/c1-26-18(11-15-19(30-2)8-9-20(31-3)21(15)26)22(27)25-17(23(28)29)10-13-12-24-16-7-5-4-6-14(13)16/h4-9,11-12,17,24H,10H2,1-3H3,(H,25,27)(H,28,29). The average molecular weight is 421 g/mol. The van der Waals surface area contributed by atoms with Crippen LogP contribution >= 0.6 is 0 Å². The summed E-state index contributed by atoms with van der Waals surface area (Å²) >= 11 is 0. The molecule has 0 saturated carbocycles. The van der Waals surface area contributed by atoms with Gasteiger partial charge in [-0.15, -0.1) is 0 Å². The molecule has 8 heteroatoms. The van der Waals surface area contributed by atoms with Crippen molar-refractivity contribution in [3.05, 3.63) is 59.9 Å². The summed E-state index contributed by atoms with van der Waals surface area (Å²) in [7, 11) is 4.83. The predicted octanol–water partition coefficient (Wildman–Crippen LogP) is 3.10. The molecule has 1 atom stereocenters. The van der Waals surface area contributed by atoms with E-state index in [2.05, 4.69) is 10.3 Å². The quantitative estimate of drug-likeness (QED) is 0.425. The zero-order chi connectivity index (χ0) is 22.1. The van der Waals surface area contributed by atoms with E-state index in [9.17, 15) is 14.7 Å². The Morgan fingerprint density at radius 2 is 1.81 bits per heavy atom. The molecule has 160 valence electrons. The van der Waals surface area contributed by atoms with Gasteiger partial charge in [-0.25, -0.2) is 4.79 Å². The number of amides is 1. The number of aryl methyl sites for hydroxylation is 1. The third-order valence-electron chi connectivity index (χ3n) is 5.49. The van der Waals surface area contributed by atoms with Gasteiger partial charge in [0.1, 0.15) is 23.2 Å². The lowest BCUT2D eigenvalue weighted by molar-refractivity contribution is -0.139. The first-order valence-electron chi connectivity index (χ1n) is 9.73. The van der Waals surface area contributed by atoms with E-state index in [0.717, 1.165) is 16.5 Å². The van der Waals surface area contributed by atoms with Crippen LogP contribution in [0, 0.1) is 0 Å². The van der Waals surface area contributed by atoms with Gasteiger partial charge in [-0.05, 0) is 29.8 Å². The number of carboxylic acid groups (broad SMARTS) is 1. The SMILES string of the molecule is COc1ccc(OC)c2c1cc(C(=O)NC(Cc1c[nH]c3ccccc13)C(=O)O)n2C. The average Bonchev–Trinajstić information content (AvgIpc) is 3.34. The van der Waals surface area contributed by atoms with Crippen molar-refractivity contribution in [3.63, 3.8) is 0 Å². The molecule has 4 aromatic rings. The van der Waals surface area contributed by atoms with Crippen molar-refractivity contribution in [2.75, 3.05) is 14.2 Å². The molecule has 0 spiro atoms. The number of ether oxygens (including phenoxy) is 2. The van der Waals surface area contributed by atoms with Gasteiger partial charge in [-0.1, -0.05) is 18.2 Å². The number of para-hydroxylation sites is 1. The van der Waals surface area contributed by atoms with Crippen molar-refractivity contribution in [1.82, 2.24) is 14.9 Å². The topological polar surface area (TPSA) is 106 Å². The van der Waals surface area contributed by atoms with E-state index in [1.807, 2.05) is 24.3 Å². The van der Waals surface area contributed by atoms with Crippen molar-refractivity contribution in [1.29, 1.82) is 0 Å². The highest BCUT2D eigenvalue weighted by Crippen LogP contribution is 2.35. The number of benzene rings is 2. The first-order valence-corrected chi connectivity index (χ1v) is 9.73. The highest BCUT2D eigenvalue weighted by Gasteiger charge is 2.25. The van der Waals surface area contributed by atoms with Gasteiger partial charge in [0.05, 0.1) is 19.7 Å². The van der Waals surface area contributed by atoms with Gasteiger partial charge in [0, 0.05) is 36.0 Å². The Bertz CT molecular complexity index is 1290. The minimum absolute atomic E-state index is 0.154. The second-order valence-electron chi connectivity index (χ2n) is 7.25. The lowest BCUT2D eigenvalue weighted by Crippen LogP contribution is -2.42. The summed E-state index contributed by atoms with van der Waals surface area (Å²) in [6.07, 6.45) is 1.93. The maximum Gasteiger partial charge on any atom is 0.326 e. The number of hydrogen-bond donors (Lipinski definition) is 3. The number of fused-ring (bicyclic) bond motifs is 2. The molecular weight excluding hydrogens is 398 g/mol. The molecule has 0 fully saturated rings. The molecule has 1 unspecified atom stereocenters. The lowest BCUT2D eigenvalue weighted by Gasteiger charge is -2.15. The Balaban J connectivity index is 1.66. The Labute approximate surface area is 178 Å². The monoisotopic (exact) mass is 421 g/mol. The van der Waals surface area contributed by atoms with Crippen LogP contribution in [0.15, 0.2) is 48.7 Å². The molecule has 0 aliphatic heterocycles. The molecule has 2 aromatic heterocycles. The van der Waals surface area contributed by atoms with Gasteiger partial charge < -0.3 is 29.4 Å². The molecule has 0 aliphatic rings. The smallest absolute Gasteiger partial charge is 0.326 e. The van der Waals surface area contributed by atoms with Crippen LogP contribution < -0.4 is 14.8 Å². The van der Waals surface area contributed by atoms with Crippen molar-refractivity contribution >= 4 is 33.7 Å². The van der Waals surface area contributed by atoms with E-state index >= 15 is 0 Å². The summed E-state index contributed by atoms with van der Waals surface area (Å²) in [5, 5.41) is 14.0. The summed E-state index contributed by atoms with van der Waals surface area (Å²) in [6, 6.07) is 11.8. The zero-order valence-corrected chi connectivity index (χ0v) is 17.4. The van der Waals surface area contributed by atoms with E-state index in [1.54, 1.807) is 50.2 Å². The summed E-state index contributed by atoms with van der Waals surface area (Å²) in [4.78, 5) is 28.1. The number of nitrogens with zero attached hydrogens (tertiary/aromatic N) is 1. The van der Waals surface area contributed by atoms with Gasteiger partial charge >= 0.3 is 5.97 Å². The molecule has 0 aliphatic carbocycles. The summed E-state index contributed by atoms with van der Waals surface area (Å²) in [6.45, 7) is 0. The number of aromatic nitrogens is 2. The lowest BCUT2D eigenvalue weighted by atomic mass is 10.0. The van der Waals surface area contributed by atoms with E-state index in [4.69, 9.17) is 9.47 Å². The number of nitrogens with one attached hydrogen (secondary N) is 2. The maximum atomic E-state index is 13.1. The van der Waals surface area contributed by atoms with Gasteiger partial charge in [0.15, 0.2) is 0 Å². The van der Waals surface area contributed by atoms with Crippen LogP contribution in [0.3, 0.4) is 0 Å². The summed E-state index contributed by atoms with van der Waals surface area (Å²) in [5.74, 6) is -0.410. The van der Waals surface area contributed by atoms with Crippen molar-refractivity contribution in [3.8, 4) is 11.5 Å². The molecule has 4 rings (SSSR count). The van der Waals surface area contributed by atoms with Crippen molar-refractivity contribution < 1.29 is 24.2 Å². The number of aliphatic carboxylic acids is 1. The molecule has 0 radical (unpaired) electrons. The minimum atomic E-state index is -1.10. The zero-order valence-electron chi connectivity index (χ0n) is 17.4. The number of aromatic amines is 1. The minimum Gasteiger partial charge on any atom is -0.496 e. The first-order chi connectivity index (χ1) is 14.9. The Hall–Kier alpha value is -3.94. The van der Waals surface area contributed by atoms with E-state index in [0.29, 0.717) is 28.1 Å². The van der Waals surface area contributed by atoms with Gasteiger partial charge in [0.25, 0.3) is 5.91 Å². The Morgan fingerprint density at radius 1 is 1.10 bits per heavy atom. The predicted molar refractivity (Wildman–Crippen MR) is 117 cm³/mol. The van der Waals surface area contributed by atoms with Crippen LogP contribution in [-0.4, -0.2) is 46.8 Å². The Morgan fingerprint density at radius 3 is 2.52 bits per heavy atom. The summed E-state index contributed by atoms with van der Waals surface area (Å²) in [5.41, 5.74) is 2.74. The molecular formula is C23H23N3O5. The fourth-order valence-corrected chi connectivity index (χ4v) is 3.92. The highest BCUT2D eigenvalue weighted by molar-refractivity contribution is 6.03. The molecule has 31 heavy (non-hydrogen) atoms. The highest BCUT2D eigenvalue weighted by atomic mass is 16.5. The molecule has 0 bridgehead atoms. The van der Waals surface area contributed by atoms with Gasteiger partial charge in [-0.3, -0.25) is 4.79 Å². The summed E-state index contributed by atoms with van der Waals surface area (Å²) < 4.78 is 12.5. The van der Waals surface area contributed by atoms with E-state index < -0.39 is 17.9 Å². The fourth-order valence-electron chi connectivity index (χ4n) is 3.92. The molecule has 1 amide bonds. The molecule has 3 N–H and O–H groups in total. The second-order valence-corrected chi connectivity index (χ2v) is 7.25. The molecule has 2 aromatic carbocycles. The van der Waals surface area contributed by atoms with Gasteiger partial charge in [-0.2, -0.15) is 0 Å². The normalized spacial score (nSPS) is 12.1. The van der Waals surface area contributed by atoms with Crippen LogP contribution in [0.4, 0.5) is 0 Å². The fraction of sp³-hybridized carbons (Fsp3) is 0.217. The number of hydrogen-bond acceptors (Lipinski definition) is 4. The van der Waals surface area contributed by atoms with Crippen LogP contribution in [0.25, 0.3) is 21.8 Å². The van der Waals surface area contributed by atoms with Crippen LogP contribution in [0.5, 0.6) is 11.5 Å². The third-order valence-corrected chi connectivity index (χ3v) is 5.49. The van der Waals surface area contributed by atoms with Crippen LogP contribution in [-0.2, 0) is 18.3 Å². The van der Waals surface area contributed by atoms with E-state index in [-0.39, 0.29) is 6.42 Å². The molecule has 2 heterocycles. The van der Waals surface area contributed by atoms with Crippen molar-refractivity contribution in [2.45, 2.75) is 12.5 Å². The van der Waals surface area contributed by atoms with Crippen LogP contribution in [0.2, 0.25) is 0 Å². The van der Waals surface area contributed by atoms with E-state index in [1.165, 1.54) is 0 Å². The largest absolute Gasteiger partial charge is 0.496 e. The molecule has 0 saturated heterocycles. The van der Waals surface area contributed by atoms with Crippen molar-refractivity contribution in [2.24, 2.45) is 7.05 Å². The number of rotatable bonds is 7. The number of carbonyl (C=O) groups excluding carboxylic acids is 1. The molecule has 8 nitrogen and oxygen atoms in total. The number of carboxylic acids is 1. The number of carbonyl (C=O) groups is 2. The maximum absolute atomic E-state index is 13.1. The van der Waals surface area contributed by atoms with Crippen LogP contribution in [0.1, 0.15) is 16.1 Å². The second kappa shape index (κ2) is 8.06. The Kier molecular flexibility index (Phi) is 5.29. The number of methoxy groups -OCH3 is 2. The first kappa shape index (κ1) is 20.3. The van der Waals surface area contributed by atoms with Gasteiger partial charge in [0.2, 0.25) is 0 Å². The number of H-pyrrole nitrogens is 1. The third kappa shape index (κ3) is 3.56.